The van der Waals surface area contributed by atoms with Crippen molar-refractivity contribution in [3.63, 3.8) is 0 Å². The Bertz CT molecular complexity index is 458. The van der Waals surface area contributed by atoms with Crippen LogP contribution in [0.1, 0.15) is 19.8 Å². The number of alkyl halides is 1. The van der Waals surface area contributed by atoms with Gasteiger partial charge in [0.1, 0.15) is 0 Å². The molecule has 4 heteroatoms. The van der Waals surface area contributed by atoms with E-state index in [-0.39, 0.29) is 5.97 Å². The third-order valence-electron chi connectivity index (χ3n) is 3.19. The van der Waals surface area contributed by atoms with Gasteiger partial charge in [0.25, 0.3) is 0 Å². The molecule has 0 N–H and O–H groups in total. The highest BCUT2D eigenvalue weighted by atomic mass is 127. The molecule has 3 nitrogen and oxygen atoms in total. The molecule has 0 spiro atoms. The first-order chi connectivity index (χ1) is 9.26. The topological polar surface area (TPSA) is 29.5 Å². The number of para-hydroxylation sites is 1. The highest BCUT2D eigenvalue weighted by molar-refractivity contribution is 14.1. The third kappa shape index (κ3) is 3.49. The van der Waals surface area contributed by atoms with Crippen LogP contribution in [-0.2, 0) is 9.53 Å². The van der Waals surface area contributed by atoms with Crippen molar-refractivity contribution in [3.8, 4) is 0 Å². The maximum Gasteiger partial charge on any atom is 0.332 e. The number of hydrogen-bond acceptors (Lipinski definition) is 3. The molecule has 0 bridgehead atoms. The van der Waals surface area contributed by atoms with Crippen molar-refractivity contribution in [2.24, 2.45) is 0 Å². The number of esters is 1. The molecule has 0 amide bonds. The van der Waals surface area contributed by atoms with E-state index in [1.807, 2.05) is 25.1 Å². The van der Waals surface area contributed by atoms with Crippen LogP contribution in [0.15, 0.2) is 42.1 Å². The molecule has 0 aliphatic carbocycles. The summed E-state index contributed by atoms with van der Waals surface area (Å²) in [4.78, 5) is 13.9. The zero-order valence-corrected chi connectivity index (χ0v) is 13.2. The Morgan fingerprint density at radius 3 is 2.84 bits per heavy atom. The van der Waals surface area contributed by atoms with E-state index in [2.05, 4.69) is 39.6 Å². The van der Waals surface area contributed by atoms with Crippen LogP contribution in [0.3, 0.4) is 0 Å². The molecule has 1 atom stereocenters. The summed E-state index contributed by atoms with van der Waals surface area (Å²) in [5.41, 5.74) is 2.21. The number of hydrogen-bond donors (Lipinski definition) is 0. The number of carbonyl (C=O) groups is 1. The van der Waals surface area contributed by atoms with Gasteiger partial charge in [-0.15, -0.1) is 0 Å². The van der Waals surface area contributed by atoms with Crippen LogP contribution in [0.2, 0.25) is 0 Å². The minimum absolute atomic E-state index is 0.243. The number of carbonyl (C=O) groups excluding carboxylic acids is 1. The van der Waals surface area contributed by atoms with E-state index in [1.165, 1.54) is 0 Å². The molecule has 1 aliphatic rings. The molecule has 1 aromatic rings. The van der Waals surface area contributed by atoms with E-state index in [4.69, 9.17) is 4.74 Å². The molecule has 102 valence electrons. The first kappa shape index (κ1) is 14.4. The fraction of sp³-hybridized carbons (Fsp3) is 0.400. The molecule has 19 heavy (non-hydrogen) atoms. The van der Waals surface area contributed by atoms with Gasteiger partial charge in [-0.1, -0.05) is 40.8 Å². The predicted octanol–water partition coefficient (Wildman–Crippen LogP) is 3.54. The van der Waals surface area contributed by atoms with Crippen LogP contribution in [0.25, 0.3) is 0 Å². The van der Waals surface area contributed by atoms with Gasteiger partial charge >= 0.3 is 5.97 Å². The van der Waals surface area contributed by atoms with Crippen LogP contribution < -0.4 is 4.90 Å². The predicted molar refractivity (Wildman–Crippen MR) is 85.5 cm³/mol. The van der Waals surface area contributed by atoms with E-state index in [0.29, 0.717) is 12.6 Å². The Balaban J connectivity index is 2.26. The second-order valence-corrected chi connectivity index (χ2v) is 5.32. The van der Waals surface area contributed by atoms with Crippen molar-refractivity contribution < 1.29 is 9.53 Å². The van der Waals surface area contributed by atoms with Crippen molar-refractivity contribution in [1.29, 1.82) is 0 Å². The molecule has 1 aromatic carbocycles. The molecule has 0 aromatic heterocycles. The van der Waals surface area contributed by atoms with Gasteiger partial charge in [-0.2, -0.15) is 0 Å². The first-order valence-corrected chi connectivity index (χ1v) is 8.06. The fourth-order valence-corrected chi connectivity index (χ4v) is 3.21. The number of allylic oxidation sites excluding steroid dienone is 1. The lowest BCUT2D eigenvalue weighted by Gasteiger charge is -2.26. The zero-order chi connectivity index (χ0) is 13.7. The van der Waals surface area contributed by atoms with E-state index >= 15 is 0 Å². The lowest BCUT2D eigenvalue weighted by atomic mass is 10.2. The SMILES string of the molecule is CCOC(=O)/C=C1\CCC(CI)N1c1ccccc1. The quantitative estimate of drug-likeness (QED) is 0.351. The normalized spacial score (nSPS) is 20.8. The number of anilines is 1. The van der Waals surface area contributed by atoms with Crippen molar-refractivity contribution in [2.45, 2.75) is 25.8 Å². The molecule has 1 unspecified atom stereocenters. The van der Waals surface area contributed by atoms with Crippen LogP contribution in [0.5, 0.6) is 0 Å². The average molecular weight is 371 g/mol. The second kappa shape index (κ2) is 6.93. The third-order valence-corrected chi connectivity index (χ3v) is 4.21. The fourth-order valence-electron chi connectivity index (χ4n) is 2.37. The van der Waals surface area contributed by atoms with Gasteiger partial charge in [0, 0.05) is 27.9 Å². The van der Waals surface area contributed by atoms with Crippen LogP contribution in [-0.4, -0.2) is 23.0 Å². The highest BCUT2D eigenvalue weighted by Gasteiger charge is 2.28. The lowest BCUT2D eigenvalue weighted by Crippen LogP contribution is -2.29. The average Bonchev–Trinajstić information content (AvgIpc) is 2.82. The molecule has 1 heterocycles. The molecule has 0 radical (unpaired) electrons. The summed E-state index contributed by atoms with van der Waals surface area (Å²) in [5.74, 6) is -0.243. The standard InChI is InChI=1S/C15H18INO2/c1-2-19-15(18)10-13-8-9-14(11-16)17(13)12-6-4-3-5-7-12/h3-7,10,14H,2,8-9,11H2,1H3/b13-10+. The van der Waals surface area contributed by atoms with Crippen molar-refractivity contribution in [2.75, 3.05) is 15.9 Å². The van der Waals surface area contributed by atoms with E-state index in [1.54, 1.807) is 6.08 Å². The molecule has 1 aliphatic heterocycles. The van der Waals surface area contributed by atoms with Gasteiger partial charge in [-0.25, -0.2) is 4.79 Å². The minimum atomic E-state index is -0.243. The Kier molecular flexibility index (Phi) is 5.24. The summed E-state index contributed by atoms with van der Waals surface area (Å²) in [6.45, 7) is 2.25. The monoisotopic (exact) mass is 371 g/mol. The Morgan fingerprint density at radius 1 is 1.47 bits per heavy atom. The smallest absolute Gasteiger partial charge is 0.332 e. The Morgan fingerprint density at radius 2 is 2.21 bits per heavy atom. The Hall–Kier alpha value is -1.04. The van der Waals surface area contributed by atoms with Gasteiger partial charge in [0.2, 0.25) is 0 Å². The highest BCUT2D eigenvalue weighted by Crippen LogP contribution is 2.33. The lowest BCUT2D eigenvalue weighted by molar-refractivity contribution is -0.137. The number of nitrogens with zero attached hydrogens (tertiary/aromatic N) is 1. The van der Waals surface area contributed by atoms with Gasteiger partial charge < -0.3 is 9.64 Å². The molecular formula is C15H18INO2. The first-order valence-electron chi connectivity index (χ1n) is 6.53. The summed E-state index contributed by atoms with van der Waals surface area (Å²) in [5, 5.41) is 0. The summed E-state index contributed by atoms with van der Waals surface area (Å²) >= 11 is 2.41. The van der Waals surface area contributed by atoms with Crippen molar-refractivity contribution in [3.05, 3.63) is 42.1 Å². The molecule has 1 fully saturated rings. The number of halogens is 1. The van der Waals surface area contributed by atoms with E-state index in [9.17, 15) is 4.79 Å². The molecule has 1 saturated heterocycles. The maximum absolute atomic E-state index is 11.6. The van der Waals surface area contributed by atoms with Crippen molar-refractivity contribution in [1.82, 2.24) is 0 Å². The number of benzene rings is 1. The van der Waals surface area contributed by atoms with Crippen LogP contribution >= 0.6 is 22.6 Å². The molecule has 2 rings (SSSR count). The summed E-state index contributed by atoms with van der Waals surface area (Å²) in [6, 6.07) is 10.7. The number of rotatable bonds is 4. The van der Waals surface area contributed by atoms with E-state index < -0.39 is 0 Å². The summed E-state index contributed by atoms with van der Waals surface area (Å²) in [6.07, 6.45) is 3.66. The number of ether oxygens (including phenoxy) is 1. The molecular weight excluding hydrogens is 353 g/mol. The van der Waals surface area contributed by atoms with Gasteiger partial charge in [0.15, 0.2) is 0 Å². The minimum Gasteiger partial charge on any atom is -0.463 e. The summed E-state index contributed by atoms with van der Waals surface area (Å²) in [7, 11) is 0. The maximum atomic E-state index is 11.6. The van der Waals surface area contributed by atoms with E-state index in [0.717, 1.165) is 28.7 Å². The largest absolute Gasteiger partial charge is 0.463 e. The van der Waals surface area contributed by atoms with Crippen LogP contribution in [0, 0.1) is 0 Å². The van der Waals surface area contributed by atoms with Gasteiger partial charge in [-0.3, -0.25) is 0 Å². The molecule has 0 saturated carbocycles. The Labute approximate surface area is 127 Å². The van der Waals surface area contributed by atoms with Gasteiger partial charge in [0.05, 0.1) is 6.61 Å². The second-order valence-electron chi connectivity index (χ2n) is 4.44. The van der Waals surface area contributed by atoms with Gasteiger partial charge in [-0.05, 0) is 31.9 Å². The van der Waals surface area contributed by atoms with Crippen LogP contribution in [0.4, 0.5) is 5.69 Å². The summed E-state index contributed by atoms with van der Waals surface area (Å²) < 4.78 is 6.06. The zero-order valence-electron chi connectivity index (χ0n) is 11.0. The van der Waals surface area contributed by atoms with Crippen molar-refractivity contribution >= 4 is 34.2 Å².